The van der Waals surface area contributed by atoms with Gasteiger partial charge in [-0.1, -0.05) is 123 Å². The maximum atomic E-state index is 4.68. The molecule has 2 aromatic carbocycles. The van der Waals surface area contributed by atoms with Crippen molar-refractivity contribution in [2.75, 3.05) is 0 Å². The van der Waals surface area contributed by atoms with E-state index in [4.69, 9.17) is 0 Å². The first-order valence-electron chi connectivity index (χ1n) is 12.9. The first-order chi connectivity index (χ1) is 16.3. The number of allylic oxidation sites excluding steroid dienone is 6. The summed E-state index contributed by atoms with van der Waals surface area (Å²) in [6.45, 7) is 22.3. The van der Waals surface area contributed by atoms with Gasteiger partial charge in [0, 0.05) is 11.8 Å². The van der Waals surface area contributed by atoms with Crippen LogP contribution in [0.15, 0.2) is 102 Å². The van der Waals surface area contributed by atoms with Crippen molar-refractivity contribution in [3.8, 4) is 0 Å². The highest BCUT2D eigenvalue weighted by molar-refractivity contribution is 5.65. The predicted molar refractivity (Wildman–Crippen MR) is 149 cm³/mol. The highest BCUT2D eigenvalue weighted by Gasteiger charge is 2.45. The first-order valence-corrected chi connectivity index (χ1v) is 12.9. The Morgan fingerprint density at radius 2 is 1.71 bits per heavy atom. The van der Waals surface area contributed by atoms with Crippen molar-refractivity contribution in [3.63, 3.8) is 0 Å². The van der Waals surface area contributed by atoms with Gasteiger partial charge in [-0.2, -0.15) is 0 Å². The molecular weight excluding hydrogens is 408 g/mol. The van der Waals surface area contributed by atoms with Gasteiger partial charge >= 0.3 is 0 Å². The van der Waals surface area contributed by atoms with Crippen LogP contribution in [0, 0.1) is 24.7 Å². The SMILES string of the molecule is C=C(C)Cc1ccc(C2C3C(=C)/C(=C\c4ccc(C)cc4)CC3=CC(C)C2C(=C)CCC)cc1. The van der Waals surface area contributed by atoms with E-state index < -0.39 is 0 Å². The third kappa shape index (κ3) is 4.97. The van der Waals surface area contributed by atoms with Crippen molar-refractivity contribution in [2.45, 2.75) is 59.3 Å². The third-order valence-corrected chi connectivity index (χ3v) is 7.70. The molecule has 0 aliphatic heterocycles. The number of rotatable bonds is 7. The lowest BCUT2D eigenvalue weighted by Crippen LogP contribution is -2.31. The molecule has 2 aliphatic rings. The van der Waals surface area contributed by atoms with Gasteiger partial charge in [0.25, 0.3) is 0 Å². The maximum absolute atomic E-state index is 4.68. The monoisotopic (exact) mass is 448 g/mol. The predicted octanol–water partition coefficient (Wildman–Crippen LogP) is 9.41. The lowest BCUT2D eigenvalue weighted by Gasteiger charge is -2.41. The molecule has 0 heteroatoms. The molecule has 0 saturated heterocycles. The van der Waals surface area contributed by atoms with Crippen LogP contribution < -0.4 is 0 Å². The fraction of sp³-hybridized carbons (Fsp3) is 0.353. The lowest BCUT2D eigenvalue weighted by molar-refractivity contribution is 0.322. The van der Waals surface area contributed by atoms with Gasteiger partial charge in [-0.05, 0) is 72.8 Å². The Hall–Kier alpha value is -2.86. The molecule has 176 valence electrons. The number of benzene rings is 2. The summed E-state index contributed by atoms with van der Waals surface area (Å²) in [5.74, 6) is 1.68. The van der Waals surface area contributed by atoms with Crippen LogP contribution >= 0.6 is 0 Å². The highest BCUT2D eigenvalue weighted by atomic mass is 14.5. The zero-order valence-electron chi connectivity index (χ0n) is 21.5. The van der Waals surface area contributed by atoms with Gasteiger partial charge in [-0.15, -0.1) is 0 Å². The van der Waals surface area contributed by atoms with E-state index in [0.717, 1.165) is 25.7 Å². The number of fused-ring (bicyclic) bond motifs is 1. The molecule has 0 heterocycles. The lowest BCUT2D eigenvalue weighted by atomic mass is 9.62. The smallest absolute Gasteiger partial charge is 0.0123 e. The molecule has 0 amide bonds. The number of aryl methyl sites for hydroxylation is 1. The fourth-order valence-corrected chi connectivity index (χ4v) is 6.18. The molecule has 0 nitrogen and oxygen atoms in total. The quantitative estimate of drug-likeness (QED) is 0.370. The zero-order chi connectivity index (χ0) is 24.4. The van der Waals surface area contributed by atoms with Gasteiger partial charge in [-0.25, -0.2) is 0 Å². The van der Waals surface area contributed by atoms with Crippen LogP contribution in [0.5, 0.6) is 0 Å². The second-order valence-corrected chi connectivity index (χ2v) is 10.7. The van der Waals surface area contributed by atoms with E-state index in [0.29, 0.717) is 23.7 Å². The van der Waals surface area contributed by atoms with E-state index in [1.807, 2.05) is 0 Å². The average molecular weight is 449 g/mol. The van der Waals surface area contributed by atoms with Gasteiger partial charge in [0.1, 0.15) is 0 Å². The van der Waals surface area contributed by atoms with Crippen molar-refractivity contribution >= 4 is 6.08 Å². The summed E-state index contributed by atoms with van der Waals surface area (Å²) < 4.78 is 0. The van der Waals surface area contributed by atoms with Crippen molar-refractivity contribution in [2.24, 2.45) is 17.8 Å². The summed E-state index contributed by atoms with van der Waals surface area (Å²) in [6.07, 6.45) is 9.09. The van der Waals surface area contributed by atoms with Gasteiger partial charge in [0.15, 0.2) is 0 Å². The van der Waals surface area contributed by atoms with E-state index >= 15 is 0 Å². The number of hydrogen-bond acceptors (Lipinski definition) is 0. The molecule has 4 atom stereocenters. The maximum Gasteiger partial charge on any atom is 0.0123 e. The van der Waals surface area contributed by atoms with E-state index in [-0.39, 0.29) is 0 Å². The topological polar surface area (TPSA) is 0 Å². The molecule has 34 heavy (non-hydrogen) atoms. The molecule has 0 bridgehead atoms. The molecule has 2 aliphatic carbocycles. The van der Waals surface area contributed by atoms with Crippen LogP contribution in [-0.2, 0) is 6.42 Å². The minimum absolute atomic E-state index is 0.360. The highest BCUT2D eigenvalue weighted by Crippen LogP contribution is 2.56. The Kier molecular flexibility index (Phi) is 7.27. The third-order valence-electron chi connectivity index (χ3n) is 7.70. The Balaban J connectivity index is 1.74. The molecule has 1 fully saturated rings. The Bertz CT molecular complexity index is 1130. The van der Waals surface area contributed by atoms with E-state index in [2.05, 4.69) is 108 Å². The Morgan fingerprint density at radius 1 is 1.03 bits per heavy atom. The normalized spacial score (nSPS) is 25.2. The van der Waals surface area contributed by atoms with Gasteiger partial charge < -0.3 is 0 Å². The van der Waals surface area contributed by atoms with Crippen LogP contribution in [0.1, 0.15) is 68.2 Å². The Morgan fingerprint density at radius 3 is 2.32 bits per heavy atom. The zero-order valence-corrected chi connectivity index (χ0v) is 21.5. The van der Waals surface area contributed by atoms with E-state index in [1.165, 1.54) is 44.5 Å². The molecule has 2 aromatic rings. The summed E-state index contributed by atoms with van der Waals surface area (Å²) in [6, 6.07) is 18.1. The van der Waals surface area contributed by atoms with E-state index in [1.54, 1.807) is 5.57 Å². The van der Waals surface area contributed by atoms with Crippen molar-refractivity contribution in [1.82, 2.24) is 0 Å². The van der Waals surface area contributed by atoms with Crippen LogP contribution in [0.25, 0.3) is 6.08 Å². The Labute approximate surface area is 207 Å². The average Bonchev–Trinajstić information content (AvgIpc) is 3.09. The molecule has 4 rings (SSSR count). The van der Waals surface area contributed by atoms with Crippen LogP contribution in [-0.4, -0.2) is 0 Å². The summed E-state index contributed by atoms with van der Waals surface area (Å²) >= 11 is 0. The minimum Gasteiger partial charge on any atom is -0.0998 e. The molecule has 1 saturated carbocycles. The van der Waals surface area contributed by atoms with Gasteiger partial charge in [-0.3, -0.25) is 0 Å². The van der Waals surface area contributed by atoms with Crippen molar-refractivity contribution < 1.29 is 0 Å². The van der Waals surface area contributed by atoms with Crippen LogP contribution in [0.3, 0.4) is 0 Å². The number of hydrogen-bond donors (Lipinski definition) is 0. The van der Waals surface area contributed by atoms with Gasteiger partial charge in [0.05, 0.1) is 0 Å². The molecule has 0 spiro atoms. The van der Waals surface area contributed by atoms with Gasteiger partial charge in [0.2, 0.25) is 0 Å². The fourth-order valence-electron chi connectivity index (χ4n) is 6.18. The van der Waals surface area contributed by atoms with Crippen LogP contribution in [0.4, 0.5) is 0 Å². The van der Waals surface area contributed by atoms with Crippen molar-refractivity contribution in [3.05, 3.63) is 124 Å². The summed E-state index contributed by atoms with van der Waals surface area (Å²) in [7, 11) is 0. The molecule has 0 aromatic heterocycles. The second-order valence-electron chi connectivity index (χ2n) is 10.7. The first kappa shape index (κ1) is 24.3. The standard InChI is InChI=1S/C34H40/c1-8-9-24(5)32-25(6)19-31-21-30(20-28-12-10-23(4)11-13-28)26(7)33(31)34(32)29-16-14-27(15-17-29)18-22(2)3/h10-17,19-20,25,32-34H,2,5,7-9,18,21H2,1,3-4,6H3/b30-20-. The summed E-state index contributed by atoms with van der Waals surface area (Å²) in [5, 5.41) is 0. The minimum atomic E-state index is 0.360. The van der Waals surface area contributed by atoms with E-state index in [9.17, 15) is 0 Å². The molecular formula is C34H40. The second kappa shape index (κ2) is 10.2. The van der Waals surface area contributed by atoms with Crippen LogP contribution in [0.2, 0.25) is 0 Å². The van der Waals surface area contributed by atoms with Crippen molar-refractivity contribution in [1.29, 1.82) is 0 Å². The summed E-state index contributed by atoms with van der Waals surface area (Å²) in [4.78, 5) is 0. The molecule has 0 radical (unpaired) electrons. The molecule has 0 N–H and O–H groups in total. The largest absolute Gasteiger partial charge is 0.0998 e. The summed E-state index contributed by atoms with van der Waals surface area (Å²) in [5.41, 5.74) is 12.2. The molecule has 4 unspecified atom stereocenters.